The molecule has 11 heteroatoms. The Morgan fingerprint density at radius 2 is 1.64 bits per heavy atom. The Bertz CT molecular complexity index is 2550. The number of benzene rings is 5. The third-order valence-corrected chi connectivity index (χ3v) is 14.0. The molecule has 5 aromatic carbocycles. The van der Waals surface area contributed by atoms with Crippen LogP contribution in [-0.2, 0) is 25.6 Å². The van der Waals surface area contributed by atoms with E-state index in [0.29, 0.717) is 36.7 Å². The molecule has 2 N–H and O–H groups in total. The number of nitrogens with zero attached hydrogens (tertiary/aromatic N) is 2. The fourth-order valence-corrected chi connectivity index (χ4v) is 11.0. The summed E-state index contributed by atoms with van der Waals surface area (Å²) in [5, 5.41) is 29.4. The zero-order valence-electron chi connectivity index (χ0n) is 37.9. The van der Waals surface area contributed by atoms with E-state index < -0.39 is 30.1 Å². The van der Waals surface area contributed by atoms with Gasteiger partial charge in [0.05, 0.1) is 38.5 Å². The van der Waals surface area contributed by atoms with Crippen molar-refractivity contribution in [3.8, 4) is 17.2 Å². The highest BCUT2D eigenvalue weighted by atomic mass is 16.8. The van der Waals surface area contributed by atoms with Crippen LogP contribution in [0.5, 0.6) is 17.2 Å². The lowest BCUT2D eigenvalue weighted by Gasteiger charge is -2.59. The van der Waals surface area contributed by atoms with Gasteiger partial charge in [0.1, 0.15) is 23.3 Å². The fraction of sp³-hybridized carbons (Fsp3) is 0.418. The molecule has 2 aliphatic heterocycles. The van der Waals surface area contributed by atoms with E-state index in [9.17, 15) is 15.0 Å². The summed E-state index contributed by atoms with van der Waals surface area (Å²) in [6.07, 6.45) is 10.6. The second kappa shape index (κ2) is 20.8. The monoisotopic (exact) mass is 894 g/mol. The van der Waals surface area contributed by atoms with Gasteiger partial charge in [-0.2, -0.15) is 0 Å². The fourth-order valence-electron chi connectivity index (χ4n) is 11.0. The van der Waals surface area contributed by atoms with Crippen molar-refractivity contribution in [3.05, 3.63) is 139 Å². The molecule has 346 valence electrons. The molecular formula is C55H62N2O9. The summed E-state index contributed by atoms with van der Waals surface area (Å²) < 4.78 is 33.1. The molecule has 0 spiro atoms. The van der Waals surface area contributed by atoms with Crippen LogP contribution in [-0.4, -0.2) is 78.6 Å². The molecule has 0 aromatic heterocycles. The quantitative estimate of drug-likeness (QED) is 0.0502. The summed E-state index contributed by atoms with van der Waals surface area (Å²) in [6, 6.07) is 33.9. The average molecular weight is 895 g/mol. The van der Waals surface area contributed by atoms with Crippen LogP contribution in [0.4, 0.5) is 4.79 Å². The highest BCUT2D eigenvalue weighted by Crippen LogP contribution is 2.62. The van der Waals surface area contributed by atoms with Crippen molar-refractivity contribution in [2.45, 2.75) is 94.8 Å². The molecule has 7 unspecified atom stereocenters. The molecule has 5 aromatic rings. The Balaban J connectivity index is 1.24. The van der Waals surface area contributed by atoms with E-state index in [2.05, 4.69) is 61.2 Å². The van der Waals surface area contributed by atoms with Crippen LogP contribution in [0.15, 0.2) is 133 Å². The van der Waals surface area contributed by atoms with Gasteiger partial charge in [-0.1, -0.05) is 103 Å². The lowest BCUT2D eigenvalue weighted by Crippen LogP contribution is -2.70. The van der Waals surface area contributed by atoms with Gasteiger partial charge in [-0.05, 0) is 113 Å². The van der Waals surface area contributed by atoms with Gasteiger partial charge in [-0.3, -0.25) is 4.90 Å². The predicted molar refractivity (Wildman–Crippen MR) is 256 cm³/mol. The maximum absolute atomic E-state index is 14.6. The van der Waals surface area contributed by atoms with E-state index in [1.807, 2.05) is 54.6 Å². The number of hydrogen-bond acceptors (Lipinski definition) is 10. The molecule has 1 amide bonds. The third kappa shape index (κ3) is 9.31. The highest BCUT2D eigenvalue weighted by Gasteiger charge is 2.65. The van der Waals surface area contributed by atoms with Crippen LogP contribution in [0.25, 0.3) is 21.5 Å². The molecule has 7 atom stereocenters. The van der Waals surface area contributed by atoms with Gasteiger partial charge in [0.2, 0.25) is 12.1 Å². The van der Waals surface area contributed by atoms with E-state index in [1.54, 1.807) is 11.0 Å². The van der Waals surface area contributed by atoms with Crippen LogP contribution in [0.1, 0.15) is 81.3 Å². The Morgan fingerprint density at radius 1 is 0.879 bits per heavy atom. The number of amides is 1. The Hall–Kier alpha value is -5.72. The number of fused-ring (bicyclic) bond motifs is 4. The molecule has 2 aliphatic carbocycles. The number of unbranched alkanes of at least 4 members (excludes halogenated alkanes) is 2. The van der Waals surface area contributed by atoms with Crippen LogP contribution >= 0.6 is 0 Å². The zero-order chi connectivity index (χ0) is 45.5. The summed E-state index contributed by atoms with van der Waals surface area (Å²) >= 11 is 0. The molecule has 2 fully saturated rings. The summed E-state index contributed by atoms with van der Waals surface area (Å²) in [7, 11) is 1.41. The number of allylic oxidation sites excluding steroid dienone is 1. The number of hydrogen-bond donors (Lipinski definition) is 2. The maximum Gasteiger partial charge on any atom is 0.410 e. The molecule has 1 saturated heterocycles. The molecule has 4 aliphatic rings. The molecule has 11 nitrogen and oxygen atoms in total. The topological polar surface area (TPSA) is 129 Å². The first-order valence-corrected chi connectivity index (χ1v) is 23.8. The van der Waals surface area contributed by atoms with Gasteiger partial charge in [-0.25, -0.2) is 4.79 Å². The van der Waals surface area contributed by atoms with E-state index in [4.69, 9.17) is 33.7 Å². The lowest BCUT2D eigenvalue weighted by molar-refractivity contribution is -0.256. The van der Waals surface area contributed by atoms with E-state index in [1.165, 1.54) is 7.11 Å². The van der Waals surface area contributed by atoms with Gasteiger partial charge in [0, 0.05) is 37.5 Å². The molecular weight excluding hydrogens is 833 g/mol. The summed E-state index contributed by atoms with van der Waals surface area (Å²) in [5.74, 6) is -0.0452. The van der Waals surface area contributed by atoms with Crippen LogP contribution < -0.4 is 9.47 Å². The number of ether oxygens (including phenoxy) is 5. The lowest BCUT2D eigenvalue weighted by atomic mass is 9.55. The normalized spacial score (nSPS) is 25.0. The molecule has 9 rings (SSSR count). The van der Waals surface area contributed by atoms with Crippen molar-refractivity contribution >= 4 is 33.3 Å². The van der Waals surface area contributed by atoms with Crippen molar-refractivity contribution in [2.75, 3.05) is 33.5 Å². The summed E-state index contributed by atoms with van der Waals surface area (Å²) in [4.78, 5) is 22.7. The Morgan fingerprint density at radius 3 is 2.42 bits per heavy atom. The second-order valence-electron chi connectivity index (χ2n) is 18.0. The van der Waals surface area contributed by atoms with E-state index in [-0.39, 0.29) is 50.5 Å². The largest absolute Gasteiger partial charge is 0.459 e. The van der Waals surface area contributed by atoms with Gasteiger partial charge in [-0.15, -0.1) is 6.58 Å². The van der Waals surface area contributed by atoms with Crippen molar-refractivity contribution in [3.63, 3.8) is 0 Å². The highest BCUT2D eigenvalue weighted by molar-refractivity contribution is 6.03. The van der Waals surface area contributed by atoms with Crippen molar-refractivity contribution < 1.29 is 43.5 Å². The summed E-state index contributed by atoms with van der Waals surface area (Å²) in [5.41, 5.74) is 3.57. The summed E-state index contributed by atoms with van der Waals surface area (Å²) in [6.45, 7) is 5.23. The molecule has 0 bridgehead atoms. The third-order valence-electron chi connectivity index (χ3n) is 14.0. The van der Waals surface area contributed by atoms with E-state index in [0.717, 1.165) is 88.9 Å². The van der Waals surface area contributed by atoms with Gasteiger partial charge < -0.3 is 38.7 Å². The van der Waals surface area contributed by atoms with Gasteiger partial charge in [0.25, 0.3) is 0 Å². The van der Waals surface area contributed by atoms with Crippen LogP contribution in [0.2, 0.25) is 0 Å². The van der Waals surface area contributed by atoms with Crippen molar-refractivity contribution in [2.24, 2.45) is 22.9 Å². The van der Waals surface area contributed by atoms with Crippen LogP contribution in [0, 0.1) is 17.8 Å². The smallest absolute Gasteiger partial charge is 0.410 e. The first-order valence-electron chi connectivity index (χ1n) is 23.8. The average Bonchev–Trinajstić information content (AvgIpc) is 3.35. The first kappa shape index (κ1) is 45.4. The van der Waals surface area contributed by atoms with Crippen molar-refractivity contribution in [1.29, 1.82) is 0 Å². The minimum absolute atomic E-state index is 0.0431. The van der Waals surface area contributed by atoms with Gasteiger partial charge in [0.15, 0.2) is 0 Å². The Kier molecular flexibility index (Phi) is 14.4. The Labute approximate surface area is 387 Å². The number of carbonyl (C=O) groups is 1. The SMILES string of the molecule is C=CCOC12Oc3ccc(Oc4ccc5ccccc5c4)cc3C3C(CCCCO)C(CCCCO)C=C(C(=NOC4CCCCO4)CC1N(Cc1cccc4ccccc14)C(=O)OC)C32. The standard InChI is InChI=1S/C55H62N2O9/c1-3-30-63-55-50(57(54(60)61-2)36-41-20-14-19-38-16-6-7-21-44(38)41)35-48(56-66-51-23-10-13-31-62-51)46-33-40(18-8-11-28-58)45(22-9-12-29-59)52(53(46)55)47-34-43(26-27-49(47)65-55)64-42-25-24-37-15-4-5-17-39(37)32-42/h3-7,14-17,19-21,24-27,32-34,40,45,50-53,58-59H,1,8-13,18,22-23,28-31,35-36H2,2H3. The number of aliphatic hydroxyl groups is 2. The molecule has 66 heavy (non-hydrogen) atoms. The minimum Gasteiger partial charge on any atom is -0.459 e. The minimum atomic E-state index is -1.46. The number of rotatable bonds is 18. The maximum atomic E-state index is 14.6. The number of aliphatic hydroxyl groups excluding tert-OH is 2. The van der Waals surface area contributed by atoms with Crippen LogP contribution in [0.3, 0.4) is 0 Å². The van der Waals surface area contributed by atoms with Gasteiger partial charge >= 0.3 is 6.09 Å². The molecule has 1 saturated carbocycles. The number of carbonyl (C=O) groups excluding carboxylic acids is 1. The molecule has 0 radical (unpaired) electrons. The molecule has 2 heterocycles. The predicted octanol–water partition coefficient (Wildman–Crippen LogP) is 11.2. The second-order valence-corrected chi connectivity index (χ2v) is 18.0. The number of oxime groups is 1. The first-order chi connectivity index (χ1) is 32.4. The zero-order valence-corrected chi connectivity index (χ0v) is 37.9. The van der Waals surface area contributed by atoms with Crippen molar-refractivity contribution in [1.82, 2.24) is 4.90 Å². The number of methoxy groups -OCH3 is 1. The van der Waals surface area contributed by atoms with E-state index >= 15 is 0 Å².